The number of pyridine rings is 1. The maximum absolute atomic E-state index is 13.8. The van der Waals surface area contributed by atoms with Crippen molar-refractivity contribution >= 4 is 23.3 Å². The molecule has 0 aliphatic carbocycles. The topological polar surface area (TPSA) is 105 Å². The van der Waals surface area contributed by atoms with Crippen LogP contribution in [0.3, 0.4) is 0 Å². The number of carbonyl (C=O) groups is 3. The van der Waals surface area contributed by atoms with Crippen LogP contribution in [-0.2, 0) is 11.3 Å². The van der Waals surface area contributed by atoms with E-state index >= 15 is 0 Å². The van der Waals surface area contributed by atoms with E-state index in [9.17, 15) is 14.4 Å². The van der Waals surface area contributed by atoms with Crippen LogP contribution in [0.25, 0.3) is 0 Å². The summed E-state index contributed by atoms with van der Waals surface area (Å²) in [6, 6.07) is 18.4. The molecule has 0 radical (unpaired) electrons. The van der Waals surface area contributed by atoms with Gasteiger partial charge in [-0.05, 0) is 30.7 Å². The molecule has 174 valence electrons. The normalized spacial score (nSPS) is 11.3. The number of benzene rings is 2. The molecule has 2 amide bonds. The highest BCUT2D eigenvalue weighted by atomic mass is 16.2. The number of aromatic nitrogens is 3. The number of nitrogens with one attached hydrogen (secondary N) is 1. The van der Waals surface area contributed by atoms with Gasteiger partial charge in [-0.1, -0.05) is 48.5 Å². The summed E-state index contributed by atoms with van der Waals surface area (Å²) in [5, 5.41) is 2.93. The quantitative estimate of drug-likeness (QED) is 0.397. The third-order valence-corrected chi connectivity index (χ3v) is 5.35. The summed E-state index contributed by atoms with van der Waals surface area (Å²) in [6.45, 7) is 1.72. The molecule has 0 unspecified atom stereocenters. The lowest BCUT2D eigenvalue weighted by Crippen LogP contribution is -2.44. The number of anilines is 1. The van der Waals surface area contributed by atoms with Gasteiger partial charge in [-0.25, -0.2) is 4.98 Å². The molecule has 0 bridgehead atoms. The molecular weight excluding hydrogens is 442 g/mol. The second kappa shape index (κ2) is 10.9. The van der Waals surface area contributed by atoms with Gasteiger partial charge >= 0.3 is 0 Å². The van der Waals surface area contributed by atoms with Gasteiger partial charge in [0, 0.05) is 48.1 Å². The van der Waals surface area contributed by atoms with Gasteiger partial charge in [0.1, 0.15) is 11.7 Å². The molecule has 0 saturated heterocycles. The zero-order valence-corrected chi connectivity index (χ0v) is 19.0. The molecule has 8 nitrogen and oxygen atoms in total. The van der Waals surface area contributed by atoms with Gasteiger partial charge in [-0.15, -0.1) is 0 Å². The van der Waals surface area contributed by atoms with Crippen LogP contribution in [0.5, 0.6) is 0 Å². The number of ketones is 1. The molecule has 2 heterocycles. The molecule has 1 N–H and O–H groups in total. The summed E-state index contributed by atoms with van der Waals surface area (Å²) in [5.74, 6) is -1.11. The number of hydrogen-bond donors (Lipinski definition) is 1. The first-order chi connectivity index (χ1) is 17.0. The number of amides is 2. The fourth-order valence-electron chi connectivity index (χ4n) is 3.63. The van der Waals surface area contributed by atoms with Crippen LogP contribution in [0, 0.1) is 0 Å². The van der Waals surface area contributed by atoms with Crippen LogP contribution in [0.2, 0.25) is 0 Å². The van der Waals surface area contributed by atoms with E-state index in [0.717, 1.165) is 5.56 Å². The lowest BCUT2D eigenvalue weighted by molar-refractivity contribution is -0.122. The zero-order chi connectivity index (χ0) is 24.6. The fraction of sp³-hybridized carbons (Fsp3) is 0.111. The second-order valence-corrected chi connectivity index (χ2v) is 7.76. The minimum absolute atomic E-state index is 0.0606. The third-order valence-electron chi connectivity index (χ3n) is 5.35. The van der Waals surface area contributed by atoms with E-state index in [1.165, 1.54) is 30.4 Å². The lowest BCUT2D eigenvalue weighted by atomic mass is 10.0. The molecule has 1 atom stereocenters. The molecule has 2 aromatic carbocycles. The molecule has 0 aliphatic rings. The highest BCUT2D eigenvalue weighted by molar-refractivity contribution is 6.09. The Bertz CT molecular complexity index is 1310. The van der Waals surface area contributed by atoms with E-state index in [4.69, 9.17) is 0 Å². The summed E-state index contributed by atoms with van der Waals surface area (Å²) < 4.78 is 0. The van der Waals surface area contributed by atoms with Crippen molar-refractivity contribution in [2.75, 3.05) is 4.90 Å². The maximum atomic E-state index is 13.8. The third kappa shape index (κ3) is 5.62. The monoisotopic (exact) mass is 465 g/mol. The molecule has 0 saturated carbocycles. The minimum Gasteiger partial charge on any atom is -0.350 e. The van der Waals surface area contributed by atoms with E-state index in [1.54, 1.807) is 48.8 Å². The van der Waals surface area contributed by atoms with Crippen LogP contribution in [0.15, 0.2) is 97.7 Å². The number of carbonyl (C=O) groups excluding carboxylic acids is 3. The number of hydrogen-bond acceptors (Lipinski definition) is 6. The average molecular weight is 466 g/mol. The Kier molecular flexibility index (Phi) is 7.32. The van der Waals surface area contributed by atoms with Crippen LogP contribution < -0.4 is 10.2 Å². The van der Waals surface area contributed by atoms with Gasteiger partial charge < -0.3 is 5.32 Å². The highest BCUT2D eigenvalue weighted by Crippen LogP contribution is 2.30. The van der Waals surface area contributed by atoms with Crippen LogP contribution >= 0.6 is 0 Å². The van der Waals surface area contributed by atoms with E-state index in [1.807, 2.05) is 30.3 Å². The standard InChI is InChI=1S/C27H23N5O3/c1-19(33)21-9-5-11-23(15-21)32(27(35)24-18-29-13-14-30-24)25(22-10-6-12-28-17-22)26(34)31-16-20-7-3-2-4-8-20/h2-15,17-18,25H,16H2,1H3,(H,31,34)/t25-/m0/s1. The van der Waals surface area contributed by atoms with Crippen molar-refractivity contribution in [1.29, 1.82) is 0 Å². The molecule has 4 aromatic rings. The van der Waals surface area contributed by atoms with Gasteiger partial charge in [0.2, 0.25) is 5.91 Å². The second-order valence-electron chi connectivity index (χ2n) is 7.76. The molecule has 0 spiro atoms. The van der Waals surface area contributed by atoms with Gasteiger partial charge in [0.15, 0.2) is 5.78 Å². The molecule has 35 heavy (non-hydrogen) atoms. The fourth-order valence-corrected chi connectivity index (χ4v) is 3.63. The number of rotatable bonds is 8. The predicted octanol–water partition coefficient (Wildman–Crippen LogP) is 3.78. The van der Waals surface area contributed by atoms with Crippen molar-refractivity contribution in [3.8, 4) is 0 Å². The van der Waals surface area contributed by atoms with Crippen molar-refractivity contribution in [2.24, 2.45) is 0 Å². The van der Waals surface area contributed by atoms with E-state index < -0.39 is 17.9 Å². The summed E-state index contributed by atoms with van der Waals surface area (Å²) >= 11 is 0. The molecular formula is C27H23N5O3. The Balaban J connectivity index is 1.80. The zero-order valence-electron chi connectivity index (χ0n) is 19.0. The smallest absolute Gasteiger partial charge is 0.279 e. The lowest BCUT2D eigenvalue weighted by Gasteiger charge is -2.31. The van der Waals surface area contributed by atoms with Gasteiger partial charge in [-0.2, -0.15) is 0 Å². The van der Waals surface area contributed by atoms with Crippen LogP contribution in [0.4, 0.5) is 5.69 Å². The van der Waals surface area contributed by atoms with Crippen molar-refractivity contribution in [3.63, 3.8) is 0 Å². The minimum atomic E-state index is -1.08. The Morgan fingerprint density at radius 2 is 1.69 bits per heavy atom. The van der Waals surface area contributed by atoms with Crippen molar-refractivity contribution in [1.82, 2.24) is 20.3 Å². The van der Waals surface area contributed by atoms with E-state index in [2.05, 4.69) is 20.3 Å². The molecule has 8 heteroatoms. The number of Topliss-reactive ketones (excluding diaryl/α,β-unsaturated/α-hetero) is 1. The Hall–Kier alpha value is -4.72. The summed E-state index contributed by atoms with van der Waals surface area (Å²) in [6.07, 6.45) is 7.34. The van der Waals surface area contributed by atoms with E-state index in [0.29, 0.717) is 16.8 Å². The number of nitrogens with zero attached hydrogens (tertiary/aromatic N) is 4. The Morgan fingerprint density at radius 1 is 0.886 bits per heavy atom. The average Bonchev–Trinajstić information content (AvgIpc) is 2.91. The van der Waals surface area contributed by atoms with Crippen LogP contribution in [0.1, 0.15) is 44.9 Å². The predicted molar refractivity (Wildman–Crippen MR) is 131 cm³/mol. The summed E-state index contributed by atoms with van der Waals surface area (Å²) in [7, 11) is 0. The molecule has 4 rings (SSSR count). The summed E-state index contributed by atoms with van der Waals surface area (Å²) in [4.78, 5) is 53.1. The first-order valence-corrected chi connectivity index (χ1v) is 11.0. The Labute approximate surface area is 202 Å². The molecule has 0 aliphatic heterocycles. The molecule has 0 fully saturated rings. The van der Waals surface area contributed by atoms with E-state index in [-0.39, 0.29) is 18.0 Å². The van der Waals surface area contributed by atoms with Gasteiger partial charge in [0.25, 0.3) is 5.91 Å². The highest BCUT2D eigenvalue weighted by Gasteiger charge is 2.34. The SMILES string of the molecule is CC(=O)c1cccc(N(C(=O)c2cnccn2)[C@H](C(=O)NCc2ccccc2)c2cccnc2)c1. The van der Waals surface area contributed by atoms with Gasteiger partial charge in [-0.3, -0.25) is 29.3 Å². The first kappa shape index (κ1) is 23.4. The van der Waals surface area contributed by atoms with Gasteiger partial charge in [0.05, 0.1) is 6.20 Å². The van der Waals surface area contributed by atoms with Crippen LogP contribution in [-0.4, -0.2) is 32.5 Å². The molecule has 2 aromatic heterocycles. The largest absolute Gasteiger partial charge is 0.350 e. The van der Waals surface area contributed by atoms with Crippen molar-refractivity contribution in [3.05, 3.63) is 120 Å². The maximum Gasteiger partial charge on any atom is 0.279 e. The van der Waals surface area contributed by atoms with Crippen molar-refractivity contribution < 1.29 is 14.4 Å². The first-order valence-electron chi connectivity index (χ1n) is 11.0. The Morgan fingerprint density at radius 3 is 2.37 bits per heavy atom. The summed E-state index contributed by atoms with van der Waals surface area (Å²) in [5.41, 5.74) is 2.26. The van der Waals surface area contributed by atoms with Crippen molar-refractivity contribution in [2.45, 2.75) is 19.5 Å².